The Morgan fingerprint density at radius 3 is 2.45 bits per heavy atom. The molecule has 0 aliphatic carbocycles. The minimum Gasteiger partial charge on any atom is -0.302 e. The summed E-state index contributed by atoms with van der Waals surface area (Å²) in [6.07, 6.45) is 0. The van der Waals surface area contributed by atoms with Gasteiger partial charge < -0.3 is 4.90 Å². The second-order valence-corrected chi connectivity index (χ2v) is 2.94. The fourth-order valence-electron chi connectivity index (χ4n) is 0.877. The molecule has 4 heteroatoms. The topological polar surface area (TPSA) is 34.0 Å². The molecule has 1 rings (SSSR count). The van der Waals surface area contributed by atoms with Crippen molar-refractivity contribution in [3.63, 3.8) is 0 Å². The molecule has 0 unspecified atom stereocenters. The van der Waals surface area contributed by atoms with E-state index in [1.54, 1.807) is 4.68 Å². The third-order valence-electron chi connectivity index (χ3n) is 1.48. The summed E-state index contributed by atoms with van der Waals surface area (Å²) in [7, 11) is 5.92. The summed E-state index contributed by atoms with van der Waals surface area (Å²) in [6, 6.07) is 0. The number of nitrogens with zero attached hydrogens (tertiary/aromatic N) is 4. The van der Waals surface area contributed by atoms with Crippen LogP contribution in [-0.4, -0.2) is 33.8 Å². The van der Waals surface area contributed by atoms with E-state index in [0.717, 1.165) is 18.2 Å². The molecule has 0 aliphatic heterocycles. The first kappa shape index (κ1) is 8.20. The molecule has 0 fully saturated rings. The van der Waals surface area contributed by atoms with E-state index < -0.39 is 0 Å². The van der Waals surface area contributed by atoms with Crippen molar-refractivity contribution in [3.05, 3.63) is 11.6 Å². The summed E-state index contributed by atoms with van der Waals surface area (Å²) in [5.74, 6) is 1.84. The molecular formula is C7H14N4. The van der Waals surface area contributed by atoms with Gasteiger partial charge in [-0.3, -0.25) is 4.68 Å². The van der Waals surface area contributed by atoms with Crippen LogP contribution in [0.3, 0.4) is 0 Å². The summed E-state index contributed by atoms with van der Waals surface area (Å²) < 4.78 is 1.79. The molecule has 4 nitrogen and oxygen atoms in total. The standard InChI is InChI=1S/C7H14N4/c1-6-8-7(5-10(2)3)9-11(6)4/h5H2,1-4H3. The van der Waals surface area contributed by atoms with Crippen LogP contribution in [0.4, 0.5) is 0 Å². The lowest BCUT2D eigenvalue weighted by Crippen LogP contribution is -2.12. The third kappa shape index (κ3) is 2.01. The summed E-state index contributed by atoms with van der Waals surface area (Å²) in [4.78, 5) is 6.31. The molecule has 11 heavy (non-hydrogen) atoms. The Hall–Kier alpha value is -0.900. The van der Waals surface area contributed by atoms with Crippen molar-refractivity contribution in [3.8, 4) is 0 Å². The lowest BCUT2D eigenvalue weighted by Gasteiger charge is -2.03. The zero-order chi connectivity index (χ0) is 8.43. The zero-order valence-electron chi connectivity index (χ0n) is 7.50. The number of hydrogen-bond donors (Lipinski definition) is 0. The van der Waals surface area contributed by atoms with Gasteiger partial charge in [0.15, 0.2) is 5.82 Å². The zero-order valence-corrected chi connectivity index (χ0v) is 7.50. The second kappa shape index (κ2) is 3.00. The quantitative estimate of drug-likeness (QED) is 0.609. The van der Waals surface area contributed by atoms with Gasteiger partial charge in [0.25, 0.3) is 0 Å². The van der Waals surface area contributed by atoms with Gasteiger partial charge in [0, 0.05) is 7.05 Å². The summed E-state index contributed by atoms with van der Waals surface area (Å²) >= 11 is 0. The Morgan fingerprint density at radius 2 is 2.09 bits per heavy atom. The van der Waals surface area contributed by atoms with Crippen LogP contribution < -0.4 is 0 Å². The van der Waals surface area contributed by atoms with Gasteiger partial charge in [0.1, 0.15) is 5.82 Å². The average molecular weight is 154 g/mol. The maximum absolute atomic E-state index is 4.26. The van der Waals surface area contributed by atoms with E-state index in [4.69, 9.17) is 0 Å². The predicted octanol–water partition coefficient (Wildman–Crippen LogP) is 0.185. The van der Waals surface area contributed by atoms with Crippen molar-refractivity contribution in [1.29, 1.82) is 0 Å². The molecule has 0 spiro atoms. The largest absolute Gasteiger partial charge is 0.302 e. The molecule has 0 N–H and O–H groups in total. The van der Waals surface area contributed by atoms with Crippen LogP contribution in [-0.2, 0) is 13.6 Å². The Bertz CT molecular complexity index is 219. The molecule has 1 aromatic heterocycles. The Morgan fingerprint density at radius 1 is 1.45 bits per heavy atom. The molecule has 0 amide bonds. The number of aryl methyl sites for hydroxylation is 2. The van der Waals surface area contributed by atoms with Gasteiger partial charge in [0.2, 0.25) is 0 Å². The summed E-state index contributed by atoms with van der Waals surface area (Å²) in [6.45, 7) is 2.76. The molecule has 0 saturated heterocycles. The normalized spacial score (nSPS) is 11.0. The van der Waals surface area contributed by atoms with E-state index in [0.29, 0.717) is 0 Å². The molecule has 0 aromatic carbocycles. The van der Waals surface area contributed by atoms with Crippen molar-refractivity contribution in [2.45, 2.75) is 13.5 Å². The van der Waals surface area contributed by atoms with E-state index >= 15 is 0 Å². The maximum atomic E-state index is 4.26. The number of rotatable bonds is 2. The van der Waals surface area contributed by atoms with Gasteiger partial charge >= 0.3 is 0 Å². The fraction of sp³-hybridized carbons (Fsp3) is 0.714. The van der Waals surface area contributed by atoms with Crippen LogP contribution in [0, 0.1) is 6.92 Å². The summed E-state index contributed by atoms with van der Waals surface area (Å²) in [5.41, 5.74) is 0. The first-order chi connectivity index (χ1) is 5.09. The Balaban J connectivity index is 2.73. The smallest absolute Gasteiger partial charge is 0.164 e. The van der Waals surface area contributed by atoms with E-state index in [9.17, 15) is 0 Å². The molecule has 62 valence electrons. The van der Waals surface area contributed by atoms with Crippen LogP contribution in [0.5, 0.6) is 0 Å². The van der Waals surface area contributed by atoms with Crippen LogP contribution >= 0.6 is 0 Å². The average Bonchev–Trinajstić information content (AvgIpc) is 2.10. The van der Waals surface area contributed by atoms with E-state index in [-0.39, 0.29) is 0 Å². The van der Waals surface area contributed by atoms with Crippen molar-refractivity contribution in [1.82, 2.24) is 19.7 Å². The van der Waals surface area contributed by atoms with Crippen LogP contribution in [0.2, 0.25) is 0 Å². The molecule has 1 aromatic rings. The lowest BCUT2D eigenvalue weighted by molar-refractivity contribution is 0.389. The first-order valence-electron chi connectivity index (χ1n) is 3.61. The minimum absolute atomic E-state index is 0.807. The van der Waals surface area contributed by atoms with Gasteiger partial charge in [-0.2, -0.15) is 5.10 Å². The molecule has 0 aliphatic rings. The number of hydrogen-bond acceptors (Lipinski definition) is 3. The molecular weight excluding hydrogens is 140 g/mol. The van der Waals surface area contributed by atoms with Gasteiger partial charge in [-0.25, -0.2) is 4.98 Å². The summed E-state index contributed by atoms with van der Waals surface area (Å²) in [5, 5.41) is 4.21. The first-order valence-corrected chi connectivity index (χ1v) is 3.61. The van der Waals surface area contributed by atoms with Crippen molar-refractivity contribution in [2.75, 3.05) is 14.1 Å². The molecule has 0 saturated carbocycles. The highest BCUT2D eigenvalue weighted by atomic mass is 15.3. The number of aromatic nitrogens is 3. The highest BCUT2D eigenvalue weighted by Crippen LogP contribution is 1.96. The van der Waals surface area contributed by atoms with E-state index in [1.807, 2.05) is 28.1 Å². The highest BCUT2D eigenvalue weighted by Gasteiger charge is 2.02. The second-order valence-electron chi connectivity index (χ2n) is 2.94. The fourth-order valence-corrected chi connectivity index (χ4v) is 0.877. The molecule has 0 radical (unpaired) electrons. The Labute approximate surface area is 66.8 Å². The van der Waals surface area contributed by atoms with Crippen molar-refractivity contribution >= 4 is 0 Å². The highest BCUT2D eigenvalue weighted by molar-refractivity contribution is 4.89. The third-order valence-corrected chi connectivity index (χ3v) is 1.48. The van der Waals surface area contributed by atoms with Gasteiger partial charge in [-0.1, -0.05) is 0 Å². The monoisotopic (exact) mass is 154 g/mol. The molecule has 0 atom stereocenters. The van der Waals surface area contributed by atoms with E-state index in [2.05, 4.69) is 15.0 Å². The minimum atomic E-state index is 0.807. The predicted molar refractivity (Wildman–Crippen MR) is 43.1 cm³/mol. The van der Waals surface area contributed by atoms with Crippen molar-refractivity contribution < 1.29 is 0 Å². The van der Waals surface area contributed by atoms with Gasteiger partial charge in [0.05, 0.1) is 6.54 Å². The van der Waals surface area contributed by atoms with Crippen LogP contribution in [0.15, 0.2) is 0 Å². The maximum Gasteiger partial charge on any atom is 0.164 e. The van der Waals surface area contributed by atoms with Gasteiger partial charge in [-0.15, -0.1) is 0 Å². The SMILES string of the molecule is Cc1nc(CN(C)C)nn1C. The van der Waals surface area contributed by atoms with E-state index in [1.165, 1.54) is 0 Å². The molecule has 1 heterocycles. The van der Waals surface area contributed by atoms with Crippen LogP contribution in [0.25, 0.3) is 0 Å². The van der Waals surface area contributed by atoms with Gasteiger partial charge in [-0.05, 0) is 21.0 Å². The Kier molecular flexibility index (Phi) is 2.24. The van der Waals surface area contributed by atoms with Crippen LogP contribution in [0.1, 0.15) is 11.6 Å². The van der Waals surface area contributed by atoms with Crippen molar-refractivity contribution in [2.24, 2.45) is 7.05 Å². The lowest BCUT2D eigenvalue weighted by atomic mass is 10.5. The molecule has 0 bridgehead atoms.